The van der Waals surface area contributed by atoms with Gasteiger partial charge in [0.1, 0.15) is 11.8 Å². The highest BCUT2D eigenvalue weighted by Crippen LogP contribution is 2.16. The van der Waals surface area contributed by atoms with E-state index in [1.54, 1.807) is 7.11 Å². The molecule has 1 aromatic carbocycles. The minimum absolute atomic E-state index is 0.429. The molecule has 0 saturated heterocycles. The fraction of sp³-hybridized carbons (Fsp3) is 0.500. The highest BCUT2D eigenvalue weighted by atomic mass is 16.5. The summed E-state index contributed by atoms with van der Waals surface area (Å²) in [7, 11) is 3.47. The third-order valence-corrected chi connectivity index (χ3v) is 2.95. The van der Waals surface area contributed by atoms with Gasteiger partial charge < -0.3 is 9.84 Å². The van der Waals surface area contributed by atoms with Crippen molar-refractivity contribution in [2.75, 3.05) is 14.2 Å². The molecular weight excluding hydrogens is 230 g/mol. The lowest BCUT2D eigenvalue weighted by molar-refractivity contribution is -0.143. The molecule has 0 spiro atoms. The molecule has 1 atom stereocenters. The first kappa shape index (κ1) is 14.5. The molecule has 100 valence electrons. The molecule has 0 amide bonds. The largest absolute Gasteiger partial charge is 0.497 e. The molecule has 1 aromatic rings. The van der Waals surface area contributed by atoms with E-state index in [2.05, 4.69) is 0 Å². The van der Waals surface area contributed by atoms with E-state index in [1.165, 1.54) is 0 Å². The fourth-order valence-corrected chi connectivity index (χ4v) is 1.97. The van der Waals surface area contributed by atoms with Gasteiger partial charge in [0.15, 0.2) is 0 Å². The number of carbonyl (C=O) groups is 1. The smallest absolute Gasteiger partial charge is 0.320 e. The van der Waals surface area contributed by atoms with E-state index in [4.69, 9.17) is 4.74 Å². The predicted octanol–water partition coefficient (Wildman–Crippen LogP) is 2.38. The van der Waals surface area contributed by atoms with E-state index in [-0.39, 0.29) is 0 Å². The molecule has 0 aliphatic carbocycles. The average Bonchev–Trinajstić information content (AvgIpc) is 2.35. The lowest BCUT2D eigenvalue weighted by Gasteiger charge is -2.24. The summed E-state index contributed by atoms with van der Waals surface area (Å²) in [5.41, 5.74) is 1.05. The summed E-state index contributed by atoms with van der Waals surface area (Å²) in [6.45, 7) is 2.60. The van der Waals surface area contributed by atoms with Gasteiger partial charge in [-0.1, -0.05) is 25.5 Å². The molecule has 4 nitrogen and oxygen atoms in total. The van der Waals surface area contributed by atoms with Gasteiger partial charge in [-0.15, -0.1) is 0 Å². The van der Waals surface area contributed by atoms with Crippen LogP contribution in [0.25, 0.3) is 0 Å². The molecule has 0 fully saturated rings. The van der Waals surface area contributed by atoms with E-state index >= 15 is 0 Å². The van der Waals surface area contributed by atoms with Crippen LogP contribution in [0.2, 0.25) is 0 Å². The molecule has 0 aliphatic rings. The van der Waals surface area contributed by atoms with Gasteiger partial charge in [0.2, 0.25) is 0 Å². The summed E-state index contributed by atoms with van der Waals surface area (Å²) < 4.78 is 5.16. The minimum Gasteiger partial charge on any atom is -0.497 e. The fourth-order valence-electron chi connectivity index (χ4n) is 1.97. The first-order valence-corrected chi connectivity index (χ1v) is 6.14. The van der Waals surface area contributed by atoms with Crippen LogP contribution in [0.3, 0.4) is 0 Å². The molecular formula is C14H21NO3. The van der Waals surface area contributed by atoms with Crippen LogP contribution in [0.5, 0.6) is 5.75 Å². The Morgan fingerprint density at radius 3 is 2.78 bits per heavy atom. The van der Waals surface area contributed by atoms with Gasteiger partial charge in [0, 0.05) is 6.54 Å². The summed E-state index contributed by atoms with van der Waals surface area (Å²) in [5.74, 6) is 0.0329. The van der Waals surface area contributed by atoms with Crippen LogP contribution in [0.4, 0.5) is 0 Å². The highest BCUT2D eigenvalue weighted by molar-refractivity contribution is 5.73. The van der Waals surface area contributed by atoms with Crippen molar-refractivity contribution in [2.24, 2.45) is 0 Å². The van der Waals surface area contributed by atoms with E-state index in [1.807, 2.05) is 43.1 Å². The van der Waals surface area contributed by atoms with Crippen molar-refractivity contribution in [3.8, 4) is 5.75 Å². The van der Waals surface area contributed by atoms with Crippen molar-refractivity contribution >= 4 is 5.97 Å². The van der Waals surface area contributed by atoms with Crippen LogP contribution >= 0.6 is 0 Å². The van der Waals surface area contributed by atoms with Gasteiger partial charge in [0.25, 0.3) is 0 Å². The Labute approximate surface area is 108 Å². The maximum absolute atomic E-state index is 11.2. The molecule has 0 heterocycles. The number of carboxylic acid groups (broad SMARTS) is 1. The number of aliphatic carboxylic acids is 1. The first-order valence-electron chi connectivity index (χ1n) is 6.14. The molecule has 0 aromatic heterocycles. The topological polar surface area (TPSA) is 49.8 Å². The number of methoxy groups -OCH3 is 1. The zero-order valence-electron chi connectivity index (χ0n) is 11.2. The third kappa shape index (κ3) is 4.04. The second kappa shape index (κ2) is 7.01. The van der Waals surface area contributed by atoms with E-state index in [0.29, 0.717) is 13.0 Å². The molecule has 0 saturated carbocycles. The SMILES string of the molecule is CCCC(C(=O)O)N(C)Cc1cccc(OC)c1. The molecule has 1 N–H and O–H groups in total. The summed E-state index contributed by atoms with van der Waals surface area (Å²) in [6.07, 6.45) is 1.52. The van der Waals surface area contributed by atoms with E-state index in [0.717, 1.165) is 17.7 Å². The van der Waals surface area contributed by atoms with Gasteiger partial charge in [0.05, 0.1) is 7.11 Å². The van der Waals surface area contributed by atoms with Gasteiger partial charge in [-0.05, 0) is 31.2 Å². The number of carboxylic acids is 1. The number of hydrogen-bond acceptors (Lipinski definition) is 3. The van der Waals surface area contributed by atoms with Crippen LogP contribution in [-0.2, 0) is 11.3 Å². The second-order valence-corrected chi connectivity index (χ2v) is 4.41. The van der Waals surface area contributed by atoms with Crippen LogP contribution in [0.15, 0.2) is 24.3 Å². The van der Waals surface area contributed by atoms with Gasteiger partial charge in [-0.25, -0.2) is 0 Å². The quantitative estimate of drug-likeness (QED) is 0.808. The summed E-state index contributed by atoms with van der Waals surface area (Å²) in [6, 6.07) is 7.27. The van der Waals surface area contributed by atoms with E-state index in [9.17, 15) is 9.90 Å². The Morgan fingerprint density at radius 2 is 2.22 bits per heavy atom. The van der Waals surface area contributed by atoms with Crippen LogP contribution in [-0.4, -0.2) is 36.2 Å². The zero-order chi connectivity index (χ0) is 13.5. The van der Waals surface area contributed by atoms with Crippen LogP contribution < -0.4 is 4.74 Å². The monoisotopic (exact) mass is 251 g/mol. The minimum atomic E-state index is -0.762. The number of hydrogen-bond donors (Lipinski definition) is 1. The van der Waals surface area contributed by atoms with Gasteiger partial charge in [-0.3, -0.25) is 9.69 Å². The average molecular weight is 251 g/mol. The van der Waals surface area contributed by atoms with Crippen molar-refractivity contribution < 1.29 is 14.6 Å². The maximum atomic E-state index is 11.2. The Kier molecular flexibility index (Phi) is 5.65. The molecule has 0 aliphatic heterocycles. The Hall–Kier alpha value is -1.55. The Morgan fingerprint density at radius 1 is 1.50 bits per heavy atom. The Bertz CT molecular complexity index is 392. The summed E-state index contributed by atoms with van der Waals surface area (Å²) in [4.78, 5) is 13.0. The zero-order valence-corrected chi connectivity index (χ0v) is 11.2. The number of nitrogens with zero attached hydrogens (tertiary/aromatic N) is 1. The Balaban J connectivity index is 2.72. The van der Waals surface area contributed by atoms with Gasteiger partial charge >= 0.3 is 5.97 Å². The molecule has 1 unspecified atom stereocenters. The van der Waals surface area contributed by atoms with Crippen LogP contribution in [0.1, 0.15) is 25.3 Å². The number of ether oxygens (including phenoxy) is 1. The van der Waals surface area contributed by atoms with Crippen molar-refractivity contribution in [2.45, 2.75) is 32.4 Å². The van der Waals surface area contributed by atoms with Crippen molar-refractivity contribution in [3.63, 3.8) is 0 Å². The standard InChI is InChI=1S/C14H21NO3/c1-4-6-13(14(16)17)15(2)10-11-7-5-8-12(9-11)18-3/h5,7-9,13H,4,6,10H2,1-3H3,(H,16,17). The molecule has 0 bridgehead atoms. The lowest BCUT2D eigenvalue weighted by atomic mass is 10.1. The number of likely N-dealkylation sites (N-methyl/N-ethyl adjacent to an activating group) is 1. The lowest BCUT2D eigenvalue weighted by Crippen LogP contribution is -2.37. The molecule has 1 rings (SSSR count). The molecule has 0 radical (unpaired) electrons. The highest BCUT2D eigenvalue weighted by Gasteiger charge is 2.21. The second-order valence-electron chi connectivity index (χ2n) is 4.41. The summed E-state index contributed by atoms with van der Waals surface area (Å²) >= 11 is 0. The van der Waals surface area contributed by atoms with E-state index < -0.39 is 12.0 Å². The van der Waals surface area contributed by atoms with Gasteiger partial charge in [-0.2, -0.15) is 0 Å². The molecule has 18 heavy (non-hydrogen) atoms. The van der Waals surface area contributed by atoms with Crippen molar-refractivity contribution in [1.82, 2.24) is 4.90 Å². The first-order chi connectivity index (χ1) is 8.58. The molecule has 4 heteroatoms. The normalized spacial score (nSPS) is 12.4. The summed E-state index contributed by atoms with van der Waals surface area (Å²) in [5, 5.41) is 9.19. The van der Waals surface area contributed by atoms with Crippen molar-refractivity contribution in [3.05, 3.63) is 29.8 Å². The van der Waals surface area contributed by atoms with Crippen LogP contribution in [0, 0.1) is 0 Å². The predicted molar refractivity (Wildman–Crippen MR) is 70.8 cm³/mol. The maximum Gasteiger partial charge on any atom is 0.320 e. The number of rotatable bonds is 7. The number of benzene rings is 1. The third-order valence-electron chi connectivity index (χ3n) is 2.95. The van der Waals surface area contributed by atoms with Crippen molar-refractivity contribution in [1.29, 1.82) is 0 Å².